The molecule has 1 rings (SSSR count). The summed E-state index contributed by atoms with van der Waals surface area (Å²) >= 11 is 0. The number of carbonyl (C=O) groups is 2. The van der Waals surface area contributed by atoms with Crippen LogP contribution in [-0.2, 0) is 11.3 Å². The van der Waals surface area contributed by atoms with Gasteiger partial charge in [0.15, 0.2) is 0 Å². The highest BCUT2D eigenvalue weighted by Crippen LogP contribution is 2.03. The molecule has 0 saturated heterocycles. The van der Waals surface area contributed by atoms with Crippen LogP contribution in [0.1, 0.15) is 5.56 Å². The second kappa shape index (κ2) is 11.7. The predicted molar refractivity (Wildman–Crippen MR) is 89.8 cm³/mol. The normalized spacial score (nSPS) is 9.73. The topological polar surface area (TPSA) is 87.5 Å². The van der Waals surface area contributed by atoms with E-state index in [2.05, 4.69) is 17.2 Å². The summed E-state index contributed by atoms with van der Waals surface area (Å²) in [4.78, 5) is 25.1. The van der Waals surface area contributed by atoms with Crippen molar-refractivity contribution in [2.75, 3.05) is 26.2 Å². The summed E-state index contributed by atoms with van der Waals surface area (Å²) in [5.41, 5.74) is 6.65. The van der Waals surface area contributed by atoms with E-state index in [-0.39, 0.29) is 24.9 Å². The first-order valence-electron chi connectivity index (χ1n) is 6.80. The number of hydrogen-bond donors (Lipinski definition) is 3. The number of carbonyl (C=O) groups excluding carboxylic acids is 2. The number of nitrogens with one attached hydrogen (secondary N) is 2. The van der Waals surface area contributed by atoms with Gasteiger partial charge in [0.1, 0.15) is 0 Å². The van der Waals surface area contributed by atoms with Gasteiger partial charge in [-0.2, -0.15) is 0 Å². The molecule has 0 bridgehead atoms. The first kappa shape index (κ1) is 20.1. The Balaban J connectivity index is 0.00000441. The summed E-state index contributed by atoms with van der Waals surface area (Å²) < 4.78 is 0. The van der Waals surface area contributed by atoms with Gasteiger partial charge in [-0.15, -0.1) is 19.0 Å². The number of halogens is 1. The highest BCUT2D eigenvalue weighted by molar-refractivity contribution is 5.95. The zero-order valence-electron chi connectivity index (χ0n) is 12.5. The fourth-order valence-corrected chi connectivity index (χ4v) is 1.82. The van der Waals surface area contributed by atoms with Crippen LogP contribution in [0.2, 0.25) is 0 Å². The average Bonchev–Trinajstić information content (AvgIpc) is 2.46. The minimum Gasteiger partial charge on any atom is -0.334 e. The van der Waals surface area contributed by atoms with Crippen molar-refractivity contribution in [2.45, 2.75) is 6.54 Å². The Labute approximate surface area is 137 Å². The predicted octanol–water partition coefficient (Wildman–Crippen LogP) is 0.881. The summed E-state index contributed by atoms with van der Waals surface area (Å²) in [6, 6.07) is 9.27. The van der Waals surface area contributed by atoms with Gasteiger partial charge in [0, 0.05) is 26.2 Å². The van der Waals surface area contributed by atoms with Crippen molar-refractivity contribution in [2.24, 2.45) is 5.73 Å². The molecule has 1 aromatic rings. The van der Waals surface area contributed by atoms with Crippen molar-refractivity contribution in [3.63, 3.8) is 0 Å². The molecule has 0 aliphatic heterocycles. The summed E-state index contributed by atoms with van der Waals surface area (Å²) in [5, 5.41) is 4.76. The molecule has 0 fully saturated rings. The summed E-state index contributed by atoms with van der Waals surface area (Å²) in [6.07, 6.45) is 1.54. The number of rotatable bonds is 8. The molecule has 6 nitrogen and oxygen atoms in total. The lowest BCUT2D eigenvalue weighted by molar-refractivity contribution is -0.121. The van der Waals surface area contributed by atoms with Gasteiger partial charge in [0.05, 0.1) is 6.54 Å². The molecule has 3 amide bonds. The van der Waals surface area contributed by atoms with Gasteiger partial charge in [-0.05, 0) is 5.56 Å². The van der Waals surface area contributed by atoms with Crippen molar-refractivity contribution in [3.05, 3.63) is 48.6 Å². The molecule has 0 atom stereocenters. The van der Waals surface area contributed by atoms with Crippen LogP contribution in [0.4, 0.5) is 4.79 Å². The maximum absolute atomic E-state index is 11.8. The Morgan fingerprint density at radius 2 is 1.95 bits per heavy atom. The lowest BCUT2D eigenvalue weighted by Crippen LogP contribution is -2.45. The third-order valence-corrected chi connectivity index (χ3v) is 2.72. The fraction of sp³-hybridized carbons (Fsp3) is 0.333. The largest absolute Gasteiger partial charge is 0.334 e. The number of nitrogens with two attached hydrogens (primary N) is 1. The van der Waals surface area contributed by atoms with Crippen LogP contribution < -0.4 is 16.4 Å². The van der Waals surface area contributed by atoms with Gasteiger partial charge < -0.3 is 11.1 Å². The average molecular weight is 327 g/mol. The Kier molecular flexibility index (Phi) is 10.7. The molecule has 0 spiro atoms. The monoisotopic (exact) mass is 326 g/mol. The Hall–Kier alpha value is -1.89. The van der Waals surface area contributed by atoms with Crippen molar-refractivity contribution in [1.82, 2.24) is 15.5 Å². The SMILES string of the molecule is C=CCNC(=O)NC(=O)CN(CCN)Cc1ccccc1.Cl. The van der Waals surface area contributed by atoms with Crippen LogP contribution in [0.3, 0.4) is 0 Å². The van der Waals surface area contributed by atoms with Gasteiger partial charge in [0.25, 0.3) is 0 Å². The molecule has 0 aliphatic carbocycles. The summed E-state index contributed by atoms with van der Waals surface area (Å²) in [6.45, 7) is 5.55. The van der Waals surface area contributed by atoms with Gasteiger partial charge >= 0.3 is 6.03 Å². The zero-order chi connectivity index (χ0) is 15.5. The first-order chi connectivity index (χ1) is 10.2. The van der Waals surface area contributed by atoms with E-state index in [0.29, 0.717) is 26.2 Å². The van der Waals surface area contributed by atoms with Crippen molar-refractivity contribution in [3.8, 4) is 0 Å². The molecular formula is C15H23ClN4O2. The summed E-state index contributed by atoms with van der Waals surface area (Å²) in [7, 11) is 0. The second-order valence-electron chi connectivity index (χ2n) is 4.53. The minimum atomic E-state index is -0.521. The molecule has 7 heteroatoms. The second-order valence-corrected chi connectivity index (χ2v) is 4.53. The van der Waals surface area contributed by atoms with Crippen molar-refractivity contribution < 1.29 is 9.59 Å². The van der Waals surface area contributed by atoms with Crippen LogP contribution in [0.15, 0.2) is 43.0 Å². The highest BCUT2D eigenvalue weighted by atomic mass is 35.5. The molecule has 0 radical (unpaired) electrons. The van der Waals surface area contributed by atoms with E-state index < -0.39 is 6.03 Å². The maximum Gasteiger partial charge on any atom is 0.321 e. The number of imide groups is 1. The van der Waals surface area contributed by atoms with E-state index in [4.69, 9.17) is 5.73 Å². The highest BCUT2D eigenvalue weighted by Gasteiger charge is 2.12. The van der Waals surface area contributed by atoms with Gasteiger partial charge in [-0.1, -0.05) is 36.4 Å². The molecule has 0 aromatic heterocycles. The molecule has 22 heavy (non-hydrogen) atoms. The lowest BCUT2D eigenvalue weighted by Gasteiger charge is -2.20. The van der Waals surface area contributed by atoms with Gasteiger partial charge in [-0.25, -0.2) is 4.79 Å². The van der Waals surface area contributed by atoms with Gasteiger partial charge in [-0.3, -0.25) is 15.0 Å². The smallest absolute Gasteiger partial charge is 0.321 e. The fourth-order valence-electron chi connectivity index (χ4n) is 1.82. The number of nitrogens with zero attached hydrogens (tertiary/aromatic N) is 1. The lowest BCUT2D eigenvalue weighted by atomic mass is 10.2. The van der Waals surface area contributed by atoms with Crippen molar-refractivity contribution >= 4 is 24.3 Å². The van der Waals surface area contributed by atoms with Crippen LogP contribution in [-0.4, -0.2) is 43.0 Å². The molecule has 0 saturated carbocycles. The van der Waals surface area contributed by atoms with Crippen LogP contribution in [0.25, 0.3) is 0 Å². The van der Waals surface area contributed by atoms with E-state index in [1.807, 2.05) is 35.2 Å². The molecule has 0 aliphatic rings. The Morgan fingerprint density at radius 1 is 1.27 bits per heavy atom. The number of benzene rings is 1. The number of urea groups is 1. The minimum absolute atomic E-state index is 0. The molecule has 0 unspecified atom stereocenters. The number of amides is 3. The van der Waals surface area contributed by atoms with E-state index in [1.165, 1.54) is 0 Å². The maximum atomic E-state index is 11.8. The third kappa shape index (κ3) is 8.41. The van der Waals surface area contributed by atoms with Crippen LogP contribution in [0, 0.1) is 0 Å². The Morgan fingerprint density at radius 3 is 2.55 bits per heavy atom. The van der Waals surface area contributed by atoms with Crippen LogP contribution in [0.5, 0.6) is 0 Å². The first-order valence-corrected chi connectivity index (χ1v) is 6.80. The van der Waals surface area contributed by atoms with Gasteiger partial charge in [0.2, 0.25) is 5.91 Å². The standard InChI is InChI=1S/C15H22N4O2.ClH/c1-2-9-17-15(21)18-14(20)12-19(10-8-16)11-13-6-4-3-5-7-13;/h2-7H,1,8-12,16H2,(H2,17,18,20,21);1H. The molecule has 0 heterocycles. The number of hydrogen-bond acceptors (Lipinski definition) is 4. The zero-order valence-corrected chi connectivity index (χ0v) is 13.3. The third-order valence-electron chi connectivity index (χ3n) is 2.72. The molecule has 1 aromatic carbocycles. The van der Waals surface area contributed by atoms with E-state index in [9.17, 15) is 9.59 Å². The molecule has 4 N–H and O–H groups in total. The molecule has 122 valence electrons. The van der Waals surface area contributed by atoms with E-state index in [1.54, 1.807) is 6.08 Å². The van der Waals surface area contributed by atoms with Crippen LogP contribution >= 0.6 is 12.4 Å². The summed E-state index contributed by atoms with van der Waals surface area (Å²) in [5.74, 6) is -0.360. The quantitative estimate of drug-likeness (QED) is 0.619. The van der Waals surface area contributed by atoms with E-state index >= 15 is 0 Å². The van der Waals surface area contributed by atoms with E-state index in [0.717, 1.165) is 5.56 Å². The Bertz CT molecular complexity index is 468. The molecular weight excluding hydrogens is 304 g/mol. The van der Waals surface area contributed by atoms with Crippen molar-refractivity contribution in [1.29, 1.82) is 0 Å².